The second-order valence-corrected chi connectivity index (χ2v) is 3.67. The molecule has 1 atom stereocenters. The first-order chi connectivity index (χ1) is 7.06. The molecule has 0 fully saturated rings. The van der Waals surface area contributed by atoms with Gasteiger partial charge in [-0.05, 0) is 26.7 Å². The minimum atomic E-state index is -0.278. The Bertz CT molecular complexity index is 304. The maximum atomic E-state index is 11.4. The van der Waals surface area contributed by atoms with Gasteiger partial charge in [-0.15, -0.1) is 0 Å². The molecule has 1 N–H and O–H groups in total. The molecule has 4 nitrogen and oxygen atoms in total. The highest BCUT2D eigenvalue weighted by Crippen LogP contribution is 2.29. The number of esters is 1. The van der Waals surface area contributed by atoms with E-state index in [4.69, 9.17) is 4.74 Å². The van der Waals surface area contributed by atoms with Gasteiger partial charge in [0.05, 0.1) is 18.3 Å². The summed E-state index contributed by atoms with van der Waals surface area (Å²) in [5.41, 5.74) is 0.374. The number of aliphatic hydroxyl groups excluding tert-OH is 1. The molecule has 0 heterocycles. The summed E-state index contributed by atoms with van der Waals surface area (Å²) in [4.78, 5) is 22.6. The van der Waals surface area contributed by atoms with Gasteiger partial charge >= 0.3 is 5.97 Å². The van der Waals surface area contributed by atoms with Crippen LogP contribution in [0.4, 0.5) is 0 Å². The molecule has 0 bridgehead atoms. The van der Waals surface area contributed by atoms with Gasteiger partial charge in [0.1, 0.15) is 0 Å². The van der Waals surface area contributed by atoms with Crippen LogP contribution in [0.5, 0.6) is 0 Å². The van der Waals surface area contributed by atoms with Gasteiger partial charge in [0.25, 0.3) is 0 Å². The predicted octanol–water partition coefficient (Wildman–Crippen LogP) is 1.75. The molecule has 0 spiro atoms. The molecule has 15 heavy (non-hydrogen) atoms. The fourth-order valence-electron chi connectivity index (χ4n) is 1.74. The Balaban J connectivity index is 2.70. The summed E-state index contributed by atoms with van der Waals surface area (Å²) in [6.45, 7) is 3.50. The number of hydrogen-bond acceptors (Lipinski definition) is 4. The lowest BCUT2D eigenvalue weighted by Gasteiger charge is -2.21. The summed E-state index contributed by atoms with van der Waals surface area (Å²) in [6, 6.07) is 0. The highest BCUT2D eigenvalue weighted by molar-refractivity contribution is 5.94. The first-order valence-corrected chi connectivity index (χ1v) is 5.14. The zero-order valence-electron chi connectivity index (χ0n) is 9.08. The van der Waals surface area contributed by atoms with E-state index in [-0.39, 0.29) is 23.4 Å². The number of carbonyl (C=O) groups is 2. The molecule has 0 amide bonds. The zero-order chi connectivity index (χ0) is 11.4. The van der Waals surface area contributed by atoms with Crippen molar-refractivity contribution in [3.8, 4) is 0 Å². The van der Waals surface area contributed by atoms with Crippen LogP contribution in [0, 0.1) is 5.92 Å². The van der Waals surface area contributed by atoms with E-state index in [9.17, 15) is 14.7 Å². The summed E-state index contributed by atoms with van der Waals surface area (Å²) in [7, 11) is 0. The van der Waals surface area contributed by atoms with Gasteiger partial charge in [0.2, 0.25) is 0 Å². The fourth-order valence-corrected chi connectivity index (χ4v) is 1.74. The minimum absolute atomic E-state index is 0.128. The van der Waals surface area contributed by atoms with Crippen molar-refractivity contribution in [2.75, 3.05) is 6.61 Å². The quantitative estimate of drug-likeness (QED) is 0.724. The number of carbonyl (C=O) groups excluding carboxylic acids is 2. The lowest BCUT2D eigenvalue weighted by Crippen LogP contribution is -2.23. The molecule has 4 heteroatoms. The summed E-state index contributed by atoms with van der Waals surface area (Å²) in [5.74, 6) is -0.590. The maximum Gasteiger partial charge on any atom is 0.309 e. The first kappa shape index (κ1) is 11.8. The van der Waals surface area contributed by atoms with E-state index < -0.39 is 0 Å². The summed E-state index contributed by atoms with van der Waals surface area (Å²) in [6.07, 6.45) is 1.25. The number of rotatable bonds is 3. The van der Waals surface area contributed by atoms with Crippen LogP contribution in [0.3, 0.4) is 0 Å². The number of aliphatic hydroxyl groups is 1. The van der Waals surface area contributed by atoms with E-state index >= 15 is 0 Å². The Morgan fingerprint density at radius 1 is 1.53 bits per heavy atom. The highest BCUT2D eigenvalue weighted by atomic mass is 16.5. The highest BCUT2D eigenvalue weighted by Gasteiger charge is 2.28. The van der Waals surface area contributed by atoms with Crippen LogP contribution in [0.15, 0.2) is 11.3 Å². The lowest BCUT2D eigenvalue weighted by molar-refractivity contribution is -0.148. The van der Waals surface area contributed by atoms with Crippen LogP contribution in [0.2, 0.25) is 0 Å². The third-order valence-electron chi connectivity index (χ3n) is 2.57. The van der Waals surface area contributed by atoms with Gasteiger partial charge in [0.15, 0.2) is 5.78 Å². The van der Waals surface area contributed by atoms with Crippen molar-refractivity contribution in [1.29, 1.82) is 0 Å². The zero-order valence-corrected chi connectivity index (χ0v) is 9.08. The Hall–Kier alpha value is -1.32. The number of ether oxygens (including phenoxy) is 1. The maximum absolute atomic E-state index is 11.4. The smallest absolute Gasteiger partial charge is 0.309 e. The van der Waals surface area contributed by atoms with Gasteiger partial charge in [-0.3, -0.25) is 9.59 Å². The first-order valence-electron chi connectivity index (χ1n) is 5.14. The largest absolute Gasteiger partial charge is 0.512 e. The van der Waals surface area contributed by atoms with Gasteiger partial charge < -0.3 is 9.84 Å². The summed E-state index contributed by atoms with van der Waals surface area (Å²) in [5, 5.41) is 9.48. The SMILES string of the molecule is CCOC(=O)C1CCC(O)=C(C(C)=O)C1. The third kappa shape index (κ3) is 2.81. The van der Waals surface area contributed by atoms with Gasteiger partial charge in [-0.25, -0.2) is 0 Å². The normalized spacial score (nSPS) is 21.3. The molecule has 0 aromatic rings. The van der Waals surface area contributed by atoms with Gasteiger partial charge in [-0.1, -0.05) is 0 Å². The van der Waals surface area contributed by atoms with Crippen molar-refractivity contribution < 1.29 is 19.4 Å². The van der Waals surface area contributed by atoms with Crippen molar-refractivity contribution in [1.82, 2.24) is 0 Å². The topological polar surface area (TPSA) is 63.6 Å². The standard InChI is InChI=1S/C11H16O4/c1-3-15-11(14)8-4-5-10(13)9(6-8)7(2)12/h8,13H,3-6H2,1-2H3. The van der Waals surface area contributed by atoms with Crippen molar-refractivity contribution in [3.63, 3.8) is 0 Å². The van der Waals surface area contributed by atoms with Crippen LogP contribution in [0.1, 0.15) is 33.1 Å². The number of ketones is 1. The number of allylic oxidation sites excluding steroid dienone is 2. The summed E-state index contributed by atoms with van der Waals surface area (Å²) < 4.78 is 4.89. The van der Waals surface area contributed by atoms with Crippen LogP contribution in [-0.2, 0) is 14.3 Å². The van der Waals surface area contributed by atoms with E-state index in [1.165, 1.54) is 6.92 Å². The molecule has 84 valence electrons. The fraction of sp³-hybridized carbons (Fsp3) is 0.636. The Kier molecular flexibility index (Phi) is 3.88. The van der Waals surface area contributed by atoms with Crippen LogP contribution in [-0.4, -0.2) is 23.5 Å². The van der Waals surface area contributed by atoms with Gasteiger partial charge in [-0.2, -0.15) is 0 Å². The second-order valence-electron chi connectivity index (χ2n) is 3.67. The Morgan fingerprint density at radius 2 is 2.20 bits per heavy atom. The molecule has 1 aliphatic rings. The molecule has 0 radical (unpaired) electrons. The second kappa shape index (κ2) is 4.96. The molecular formula is C11H16O4. The minimum Gasteiger partial charge on any atom is -0.512 e. The van der Waals surface area contributed by atoms with Crippen molar-refractivity contribution >= 4 is 11.8 Å². The van der Waals surface area contributed by atoms with E-state index in [0.717, 1.165) is 0 Å². The van der Waals surface area contributed by atoms with Crippen molar-refractivity contribution in [3.05, 3.63) is 11.3 Å². The van der Waals surface area contributed by atoms with Crippen molar-refractivity contribution in [2.24, 2.45) is 5.92 Å². The van der Waals surface area contributed by atoms with Crippen LogP contribution >= 0.6 is 0 Å². The van der Waals surface area contributed by atoms with E-state index in [1.54, 1.807) is 6.92 Å². The lowest BCUT2D eigenvalue weighted by atomic mass is 9.86. The van der Waals surface area contributed by atoms with Crippen LogP contribution in [0.25, 0.3) is 0 Å². The average Bonchev–Trinajstić information content (AvgIpc) is 2.18. The van der Waals surface area contributed by atoms with Crippen LogP contribution < -0.4 is 0 Å². The number of Topliss-reactive ketones (excluding diaryl/α,β-unsaturated/α-hetero) is 1. The molecule has 0 aromatic heterocycles. The molecule has 0 saturated carbocycles. The summed E-state index contributed by atoms with van der Waals surface area (Å²) >= 11 is 0. The van der Waals surface area contributed by atoms with E-state index in [2.05, 4.69) is 0 Å². The van der Waals surface area contributed by atoms with E-state index in [0.29, 0.717) is 31.4 Å². The third-order valence-corrected chi connectivity index (χ3v) is 2.57. The molecule has 1 aliphatic carbocycles. The van der Waals surface area contributed by atoms with Gasteiger partial charge in [0, 0.05) is 12.0 Å². The van der Waals surface area contributed by atoms with Crippen molar-refractivity contribution in [2.45, 2.75) is 33.1 Å². The molecule has 0 aliphatic heterocycles. The Morgan fingerprint density at radius 3 is 2.73 bits per heavy atom. The molecule has 1 unspecified atom stereocenters. The molecular weight excluding hydrogens is 196 g/mol. The Labute approximate surface area is 88.9 Å². The number of hydrogen-bond donors (Lipinski definition) is 1. The monoisotopic (exact) mass is 212 g/mol. The molecule has 0 aromatic carbocycles. The predicted molar refractivity (Wildman–Crippen MR) is 54.3 cm³/mol. The van der Waals surface area contributed by atoms with E-state index in [1.807, 2.05) is 0 Å². The molecule has 1 rings (SSSR count). The molecule has 0 saturated heterocycles. The average molecular weight is 212 g/mol.